The molecule has 0 atom stereocenters. The number of fused-ring (bicyclic) bond motifs is 1. The topological polar surface area (TPSA) is 24.9 Å². The van der Waals surface area contributed by atoms with E-state index in [2.05, 4.69) is 49.3 Å². The Bertz CT molecular complexity index is 488. The van der Waals surface area contributed by atoms with Crippen LogP contribution in [0.15, 0.2) is 18.2 Å². The summed E-state index contributed by atoms with van der Waals surface area (Å²) in [6.45, 7) is 7.67. The number of thiazole rings is 1. The largest absolute Gasteiger partial charge is 0.361 e. The molecule has 0 amide bonds. The molecule has 1 aromatic heterocycles. The first kappa shape index (κ1) is 12.4. The van der Waals surface area contributed by atoms with Crippen LogP contribution in [0, 0.1) is 12.8 Å². The number of para-hydroxylation sites is 1. The highest BCUT2D eigenvalue weighted by molar-refractivity contribution is 7.22. The van der Waals surface area contributed by atoms with E-state index in [4.69, 9.17) is 0 Å². The maximum Gasteiger partial charge on any atom is 0.183 e. The molecule has 0 saturated heterocycles. The van der Waals surface area contributed by atoms with Crippen molar-refractivity contribution < 1.29 is 0 Å². The zero-order chi connectivity index (χ0) is 12.3. The summed E-state index contributed by atoms with van der Waals surface area (Å²) < 4.78 is 1.27. The third-order valence-electron chi connectivity index (χ3n) is 2.86. The molecule has 0 fully saturated rings. The van der Waals surface area contributed by atoms with Crippen LogP contribution in [0.1, 0.15) is 32.3 Å². The first-order chi connectivity index (χ1) is 8.16. The number of hydrogen-bond donors (Lipinski definition) is 1. The number of aryl methyl sites for hydroxylation is 1. The van der Waals surface area contributed by atoms with E-state index in [-0.39, 0.29) is 0 Å². The molecule has 0 aliphatic rings. The lowest BCUT2D eigenvalue weighted by molar-refractivity contribution is 0.567. The first-order valence-electron chi connectivity index (χ1n) is 6.27. The maximum atomic E-state index is 4.64. The van der Waals surface area contributed by atoms with Crippen LogP contribution in [0.3, 0.4) is 0 Å². The van der Waals surface area contributed by atoms with Crippen molar-refractivity contribution >= 4 is 26.7 Å². The minimum Gasteiger partial charge on any atom is -0.361 e. The normalized spacial score (nSPS) is 11.3. The van der Waals surface area contributed by atoms with Crippen molar-refractivity contribution in [2.24, 2.45) is 5.92 Å². The van der Waals surface area contributed by atoms with Crippen LogP contribution in [0.2, 0.25) is 0 Å². The van der Waals surface area contributed by atoms with Gasteiger partial charge < -0.3 is 5.32 Å². The van der Waals surface area contributed by atoms with Gasteiger partial charge in [-0.2, -0.15) is 0 Å². The van der Waals surface area contributed by atoms with Crippen molar-refractivity contribution in [3.8, 4) is 0 Å². The number of benzene rings is 1. The fraction of sp³-hybridized carbons (Fsp3) is 0.500. The highest BCUT2D eigenvalue weighted by atomic mass is 32.1. The van der Waals surface area contributed by atoms with Gasteiger partial charge in [0.05, 0.1) is 10.2 Å². The molecule has 92 valence electrons. The number of nitrogens with zero attached hydrogens (tertiary/aromatic N) is 1. The fourth-order valence-corrected chi connectivity index (χ4v) is 2.84. The summed E-state index contributed by atoms with van der Waals surface area (Å²) in [4.78, 5) is 4.64. The second-order valence-electron chi connectivity index (χ2n) is 4.90. The molecule has 0 radical (unpaired) electrons. The maximum absolute atomic E-state index is 4.64. The van der Waals surface area contributed by atoms with Crippen molar-refractivity contribution in [3.05, 3.63) is 23.8 Å². The second-order valence-corrected chi connectivity index (χ2v) is 5.93. The number of nitrogens with one attached hydrogen (secondary N) is 1. The molecular formula is C14H20N2S. The third-order valence-corrected chi connectivity index (χ3v) is 3.83. The SMILES string of the molecule is Cc1cccc2sc(NCCCC(C)C)nc12. The van der Waals surface area contributed by atoms with Gasteiger partial charge in [0.15, 0.2) is 5.13 Å². The number of rotatable bonds is 5. The quantitative estimate of drug-likeness (QED) is 0.791. The monoisotopic (exact) mass is 248 g/mol. The summed E-state index contributed by atoms with van der Waals surface area (Å²) in [6.07, 6.45) is 2.49. The van der Waals surface area contributed by atoms with Crippen LogP contribution < -0.4 is 5.32 Å². The highest BCUT2D eigenvalue weighted by Gasteiger charge is 2.04. The first-order valence-corrected chi connectivity index (χ1v) is 7.08. The molecule has 2 aromatic rings. The average molecular weight is 248 g/mol. The predicted octanol–water partition coefficient (Wildman–Crippen LogP) is 4.45. The van der Waals surface area contributed by atoms with Gasteiger partial charge in [-0.15, -0.1) is 0 Å². The van der Waals surface area contributed by atoms with Crippen molar-refractivity contribution in [2.75, 3.05) is 11.9 Å². The van der Waals surface area contributed by atoms with Crippen LogP contribution in [0.5, 0.6) is 0 Å². The lowest BCUT2D eigenvalue weighted by Crippen LogP contribution is -2.02. The second kappa shape index (κ2) is 5.50. The molecule has 2 nitrogen and oxygen atoms in total. The Kier molecular flexibility index (Phi) is 4.00. The van der Waals surface area contributed by atoms with Crippen LogP contribution in [-0.4, -0.2) is 11.5 Å². The lowest BCUT2D eigenvalue weighted by Gasteiger charge is -2.04. The van der Waals surface area contributed by atoms with E-state index in [1.165, 1.54) is 23.1 Å². The van der Waals surface area contributed by atoms with Crippen molar-refractivity contribution in [2.45, 2.75) is 33.6 Å². The van der Waals surface area contributed by atoms with E-state index in [1.54, 1.807) is 11.3 Å². The van der Waals surface area contributed by atoms with Gasteiger partial charge in [0.1, 0.15) is 0 Å². The Morgan fingerprint density at radius 1 is 1.35 bits per heavy atom. The molecule has 3 heteroatoms. The summed E-state index contributed by atoms with van der Waals surface area (Å²) in [6, 6.07) is 6.35. The summed E-state index contributed by atoms with van der Waals surface area (Å²) in [5.41, 5.74) is 2.40. The standard InChI is InChI=1S/C14H20N2S/c1-10(2)6-5-9-15-14-16-13-11(3)7-4-8-12(13)17-14/h4,7-8,10H,5-6,9H2,1-3H3,(H,15,16). The molecule has 0 saturated carbocycles. The minimum absolute atomic E-state index is 0.786. The Labute approximate surface area is 107 Å². The van der Waals surface area contributed by atoms with Gasteiger partial charge in [0.25, 0.3) is 0 Å². The summed E-state index contributed by atoms with van der Waals surface area (Å²) in [7, 11) is 0. The lowest BCUT2D eigenvalue weighted by atomic mass is 10.1. The molecule has 1 N–H and O–H groups in total. The van der Waals surface area contributed by atoms with Crippen molar-refractivity contribution in [1.29, 1.82) is 0 Å². The van der Waals surface area contributed by atoms with Gasteiger partial charge in [0.2, 0.25) is 0 Å². The van der Waals surface area contributed by atoms with E-state index in [1.807, 2.05) is 0 Å². The van der Waals surface area contributed by atoms with Gasteiger partial charge in [-0.25, -0.2) is 4.98 Å². The molecule has 1 heterocycles. The Morgan fingerprint density at radius 2 is 2.18 bits per heavy atom. The molecule has 0 aliphatic carbocycles. The number of aromatic nitrogens is 1. The van der Waals surface area contributed by atoms with E-state index < -0.39 is 0 Å². The van der Waals surface area contributed by atoms with Gasteiger partial charge in [0, 0.05) is 6.54 Å². The molecule has 0 spiro atoms. The van der Waals surface area contributed by atoms with E-state index in [0.717, 1.165) is 23.1 Å². The summed E-state index contributed by atoms with van der Waals surface area (Å²) in [5.74, 6) is 0.786. The van der Waals surface area contributed by atoms with Crippen LogP contribution in [-0.2, 0) is 0 Å². The van der Waals surface area contributed by atoms with E-state index >= 15 is 0 Å². The predicted molar refractivity (Wildman–Crippen MR) is 76.9 cm³/mol. The van der Waals surface area contributed by atoms with Gasteiger partial charge in [-0.05, 0) is 37.3 Å². The zero-order valence-corrected chi connectivity index (χ0v) is 11.6. The van der Waals surface area contributed by atoms with Gasteiger partial charge in [-0.3, -0.25) is 0 Å². The molecule has 0 aliphatic heterocycles. The Hall–Kier alpha value is -1.09. The smallest absolute Gasteiger partial charge is 0.183 e. The molecule has 0 unspecified atom stereocenters. The van der Waals surface area contributed by atoms with Gasteiger partial charge in [-0.1, -0.05) is 37.3 Å². The van der Waals surface area contributed by atoms with Crippen molar-refractivity contribution in [3.63, 3.8) is 0 Å². The minimum atomic E-state index is 0.786. The summed E-state index contributed by atoms with van der Waals surface area (Å²) >= 11 is 1.75. The molecule has 17 heavy (non-hydrogen) atoms. The Morgan fingerprint density at radius 3 is 2.88 bits per heavy atom. The third kappa shape index (κ3) is 3.19. The van der Waals surface area contributed by atoms with Crippen LogP contribution in [0.4, 0.5) is 5.13 Å². The van der Waals surface area contributed by atoms with Crippen LogP contribution in [0.25, 0.3) is 10.2 Å². The highest BCUT2D eigenvalue weighted by Crippen LogP contribution is 2.27. The zero-order valence-electron chi connectivity index (χ0n) is 10.8. The fourth-order valence-electron chi connectivity index (χ4n) is 1.87. The van der Waals surface area contributed by atoms with Crippen molar-refractivity contribution in [1.82, 2.24) is 4.98 Å². The van der Waals surface area contributed by atoms with E-state index in [0.29, 0.717) is 0 Å². The van der Waals surface area contributed by atoms with Gasteiger partial charge >= 0.3 is 0 Å². The average Bonchev–Trinajstić information content (AvgIpc) is 2.69. The number of anilines is 1. The number of hydrogen-bond acceptors (Lipinski definition) is 3. The molecule has 2 rings (SSSR count). The summed E-state index contributed by atoms with van der Waals surface area (Å²) in [5, 5.41) is 4.48. The van der Waals surface area contributed by atoms with Crippen LogP contribution >= 0.6 is 11.3 Å². The molecule has 0 bridgehead atoms. The molecule has 1 aromatic carbocycles. The van der Waals surface area contributed by atoms with E-state index in [9.17, 15) is 0 Å². The molecular weight excluding hydrogens is 228 g/mol. The Balaban J connectivity index is 1.98.